The van der Waals surface area contributed by atoms with Crippen LogP contribution in [0.25, 0.3) is 0 Å². The van der Waals surface area contributed by atoms with Crippen molar-refractivity contribution in [1.82, 2.24) is 15.2 Å². The molecule has 0 bridgehead atoms. The van der Waals surface area contributed by atoms with Crippen LogP contribution in [0.4, 0.5) is 0 Å². The molecule has 1 aromatic heterocycles. The van der Waals surface area contributed by atoms with Gasteiger partial charge in [0.05, 0.1) is 6.54 Å². The highest BCUT2D eigenvalue weighted by molar-refractivity contribution is 5.92. The van der Waals surface area contributed by atoms with Crippen LogP contribution in [0.2, 0.25) is 0 Å². The van der Waals surface area contributed by atoms with E-state index in [9.17, 15) is 9.59 Å². The third-order valence-electron chi connectivity index (χ3n) is 5.02. The van der Waals surface area contributed by atoms with Gasteiger partial charge in [0.15, 0.2) is 5.66 Å². The van der Waals surface area contributed by atoms with Crippen LogP contribution in [0.5, 0.6) is 5.75 Å². The molecule has 3 rings (SSSR count). The van der Waals surface area contributed by atoms with Crippen molar-refractivity contribution in [3.05, 3.63) is 24.0 Å². The van der Waals surface area contributed by atoms with Crippen molar-refractivity contribution >= 4 is 11.8 Å². The lowest BCUT2D eigenvalue weighted by Gasteiger charge is -2.33. The third kappa shape index (κ3) is 5.06. The van der Waals surface area contributed by atoms with Crippen LogP contribution in [0.3, 0.4) is 0 Å². The fourth-order valence-electron chi connectivity index (χ4n) is 3.32. The summed E-state index contributed by atoms with van der Waals surface area (Å²) >= 11 is 0. The molecule has 1 saturated heterocycles. The zero-order chi connectivity index (χ0) is 20.0. The zero-order valence-corrected chi connectivity index (χ0v) is 16.1. The number of carbonyl (C=O) groups excluding carboxylic acids is 2. The van der Waals surface area contributed by atoms with Gasteiger partial charge in [-0.15, -0.1) is 12.3 Å². The van der Waals surface area contributed by atoms with Gasteiger partial charge >= 0.3 is 0 Å². The summed E-state index contributed by atoms with van der Waals surface area (Å²) < 4.78 is 6.01. The van der Waals surface area contributed by atoms with E-state index < -0.39 is 5.66 Å². The number of piperidine rings is 1. The van der Waals surface area contributed by atoms with Gasteiger partial charge in [-0.2, -0.15) is 10.2 Å². The van der Waals surface area contributed by atoms with Crippen LogP contribution in [0, 0.1) is 12.3 Å². The van der Waals surface area contributed by atoms with Crippen molar-refractivity contribution in [1.29, 1.82) is 0 Å². The Morgan fingerprint density at radius 1 is 1.43 bits per heavy atom. The Labute approximate surface area is 164 Å². The average molecular weight is 383 g/mol. The normalized spacial score (nSPS) is 19.6. The van der Waals surface area contributed by atoms with Crippen molar-refractivity contribution < 1.29 is 14.3 Å². The van der Waals surface area contributed by atoms with Gasteiger partial charge in [0, 0.05) is 51.5 Å². The second-order valence-electron chi connectivity index (χ2n) is 7.06. The minimum Gasteiger partial charge on any atom is -0.488 e. The molecule has 1 N–H and O–H groups in total. The van der Waals surface area contributed by atoms with Crippen LogP contribution in [-0.2, 0) is 4.79 Å². The summed E-state index contributed by atoms with van der Waals surface area (Å²) in [5, 5.41) is 10.7. The van der Waals surface area contributed by atoms with E-state index in [1.54, 1.807) is 25.4 Å². The van der Waals surface area contributed by atoms with Crippen LogP contribution in [0.15, 0.2) is 28.6 Å². The molecule has 0 aliphatic carbocycles. The topological polar surface area (TPSA) is 96.2 Å². The number of hydrogen-bond donors (Lipinski definition) is 1. The van der Waals surface area contributed by atoms with Crippen LogP contribution >= 0.6 is 0 Å². The Bertz CT molecular complexity index is 795. The first kappa shape index (κ1) is 19.8. The molecule has 0 spiro atoms. The maximum absolute atomic E-state index is 12.6. The van der Waals surface area contributed by atoms with E-state index in [-0.39, 0.29) is 17.9 Å². The van der Waals surface area contributed by atoms with Gasteiger partial charge in [0.25, 0.3) is 5.91 Å². The Morgan fingerprint density at radius 2 is 2.25 bits per heavy atom. The lowest BCUT2D eigenvalue weighted by molar-refractivity contribution is -0.134. The number of nitrogens with zero attached hydrogens (tertiary/aromatic N) is 4. The standard InChI is InChI=1S/C20H25N5O3/c1-3-4-9-20(23-24-20)10-7-18(26)25-12-5-6-16(14-25)28-15-8-11-22-17(13-15)19(27)21-2/h1,8,11,13,16H,4-7,9-10,12,14H2,2H3,(H,21,27). The Hall–Kier alpha value is -2.95. The van der Waals surface area contributed by atoms with E-state index >= 15 is 0 Å². The maximum atomic E-state index is 12.6. The van der Waals surface area contributed by atoms with E-state index in [0.717, 1.165) is 19.4 Å². The highest BCUT2D eigenvalue weighted by Gasteiger charge is 2.40. The minimum absolute atomic E-state index is 0.0893. The van der Waals surface area contributed by atoms with Gasteiger partial charge in [0.2, 0.25) is 5.91 Å². The lowest BCUT2D eigenvalue weighted by atomic mass is 10.0. The molecule has 0 radical (unpaired) electrons. The summed E-state index contributed by atoms with van der Waals surface area (Å²) in [5.74, 6) is 3.00. The fraction of sp³-hybridized carbons (Fsp3) is 0.550. The molecule has 0 saturated carbocycles. The van der Waals surface area contributed by atoms with Gasteiger partial charge in [-0.25, -0.2) is 0 Å². The largest absolute Gasteiger partial charge is 0.488 e. The SMILES string of the molecule is C#CCCC1(CCC(=O)N2CCCC(Oc3ccnc(C(=O)NC)c3)C2)N=N1. The molecular formula is C20H25N5O3. The molecular weight excluding hydrogens is 358 g/mol. The summed E-state index contributed by atoms with van der Waals surface area (Å²) in [6.45, 7) is 1.26. The van der Waals surface area contributed by atoms with E-state index in [4.69, 9.17) is 11.2 Å². The van der Waals surface area contributed by atoms with E-state index in [2.05, 4.69) is 26.4 Å². The summed E-state index contributed by atoms with van der Waals surface area (Å²) in [7, 11) is 1.56. The number of aromatic nitrogens is 1. The predicted molar refractivity (Wildman–Crippen MR) is 103 cm³/mol. The lowest BCUT2D eigenvalue weighted by Crippen LogP contribution is -2.44. The second kappa shape index (κ2) is 8.83. The summed E-state index contributed by atoms with van der Waals surface area (Å²) in [6.07, 6.45) is 10.8. The van der Waals surface area contributed by atoms with Crippen LogP contribution in [-0.4, -0.2) is 53.6 Å². The summed E-state index contributed by atoms with van der Waals surface area (Å²) in [5.41, 5.74) is -0.126. The first-order chi connectivity index (χ1) is 13.5. The molecule has 8 nitrogen and oxygen atoms in total. The fourth-order valence-corrected chi connectivity index (χ4v) is 3.32. The minimum atomic E-state index is -0.430. The molecule has 3 heterocycles. The second-order valence-corrected chi connectivity index (χ2v) is 7.06. The molecule has 28 heavy (non-hydrogen) atoms. The van der Waals surface area contributed by atoms with Crippen molar-refractivity contribution in [2.45, 2.75) is 50.3 Å². The van der Waals surface area contributed by atoms with Gasteiger partial charge < -0.3 is 15.0 Å². The number of pyridine rings is 1. The molecule has 2 amide bonds. The number of ether oxygens (including phenoxy) is 1. The Morgan fingerprint density at radius 3 is 2.96 bits per heavy atom. The molecule has 8 heteroatoms. The number of terminal acetylenes is 1. The first-order valence-electron chi connectivity index (χ1n) is 9.55. The molecule has 1 unspecified atom stereocenters. The monoisotopic (exact) mass is 383 g/mol. The smallest absolute Gasteiger partial charge is 0.269 e. The Balaban J connectivity index is 1.51. The number of amides is 2. The zero-order valence-electron chi connectivity index (χ0n) is 16.1. The van der Waals surface area contributed by atoms with Gasteiger partial charge in [-0.1, -0.05) is 0 Å². The van der Waals surface area contributed by atoms with Crippen LogP contribution < -0.4 is 10.1 Å². The first-order valence-corrected chi connectivity index (χ1v) is 9.55. The van der Waals surface area contributed by atoms with E-state index in [1.807, 2.05) is 4.90 Å². The van der Waals surface area contributed by atoms with Crippen molar-refractivity contribution in [3.8, 4) is 18.1 Å². The van der Waals surface area contributed by atoms with Crippen molar-refractivity contribution in [2.24, 2.45) is 10.2 Å². The number of carbonyl (C=O) groups is 2. The summed E-state index contributed by atoms with van der Waals surface area (Å²) in [4.78, 5) is 30.2. The molecule has 1 fully saturated rings. The van der Waals surface area contributed by atoms with Gasteiger partial charge in [-0.05, 0) is 18.9 Å². The number of rotatable bonds is 8. The predicted octanol–water partition coefficient (Wildman–Crippen LogP) is 2.17. The molecule has 0 aromatic carbocycles. The third-order valence-corrected chi connectivity index (χ3v) is 5.02. The Kier molecular flexibility index (Phi) is 6.24. The molecule has 1 atom stereocenters. The molecule has 148 valence electrons. The van der Waals surface area contributed by atoms with E-state index in [0.29, 0.717) is 43.7 Å². The molecule has 2 aliphatic heterocycles. The number of likely N-dealkylation sites (tertiary alicyclic amines) is 1. The van der Waals surface area contributed by atoms with Crippen molar-refractivity contribution in [2.75, 3.05) is 20.1 Å². The van der Waals surface area contributed by atoms with Crippen molar-refractivity contribution in [3.63, 3.8) is 0 Å². The number of hydrogen-bond acceptors (Lipinski definition) is 6. The number of nitrogens with one attached hydrogen (secondary N) is 1. The summed E-state index contributed by atoms with van der Waals surface area (Å²) in [6, 6.07) is 3.34. The van der Waals surface area contributed by atoms with E-state index in [1.165, 1.54) is 0 Å². The quantitative estimate of drug-likeness (QED) is 0.696. The van der Waals surface area contributed by atoms with Crippen LogP contribution in [0.1, 0.15) is 49.0 Å². The maximum Gasteiger partial charge on any atom is 0.269 e. The molecule has 2 aliphatic rings. The highest BCUT2D eigenvalue weighted by atomic mass is 16.5. The molecule has 1 aromatic rings. The highest BCUT2D eigenvalue weighted by Crippen LogP contribution is 2.37. The van der Waals surface area contributed by atoms with Gasteiger partial charge in [0.1, 0.15) is 17.5 Å². The average Bonchev–Trinajstić information content (AvgIpc) is 3.50. The van der Waals surface area contributed by atoms with Gasteiger partial charge in [-0.3, -0.25) is 14.6 Å².